The third-order valence-electron chi connectivity index (χ3n) is 2.07. The van der Waals surface area contributed by atoms with E-state index < -0.39 is 5.91 Å². The van der Waals surface area contributed by atoms with Crippen LogP contribution in [0.5, 0.6) is 0 Å². The van der Waals surface area contributed by atoms with Gasteiger partial charge in [0.2, 0.25) is 0 Å². The maximum Gasteiger partial charge on any atom is 0.250 e. The minimum absolute atomic E-state index is 0.330. The Labute approximate surface area is 93.4 Å². The Morgan fingerprint density at radius 3 is 2.87 bits per heavy atom. The van der Waals surface area contributed by atoms with Crippen LogP contribution in [0.15, 0.2) is 17.3 Å². The lowest BCUT2D eigenvalue weighted by atomic mass is 10.2. The number of anilines is 1. The number of rotatable bonds is 4. The van der Waals surface area contributed by atoms with Gasteiger partial charge in [0.25, 0.3) is 5.91 Å². The first-order valence-electron chi connectivity index (χ1n) is 4.76. The summed E-state index contributed by atoms with van der Waals surface area (Å²) in [5, 5.41) is 1.24. The van der Waals surface area contributed by atoms with Crippen LogP contribution in [-0.2, 0) is 0 Å². The Hall–Kier alpha value is -1.23. The molecule has 0 fully saturated rings. The summed E-state index contributed by atoms with van der Waals surface area (Å²) in [5.74, 6) is -0.513. The molecule has 0 aliphatic carbocycles. The number of carbonyl (C=O) groups excluding carboxylic acids is 1. The number of nitrogen functional groups attached to an aromatic ring is 1. The van der Waals surface area contributed by atoms with Gasteiger partial charge in [-0.1, -0.05) is 13.8 Å². The Kier molecular flexibility index (Phi) is 3.96. The molecule has 1 aromatic heterocycles. The number of amides is 1. The molecule has 0 bridgehead atoms. The highest BCUT2D eigenvalue weighted by atomic mass is 32.2. The van der Waals surface area contributed by atoms with Gasteiger partial charge in [-0.05, 0) is 12.5 Å². The van der Waals surface area contributed by atoms with Crippen molar-refractivity contribution in [2.75, 3.05) is 5.73 Å². The Morgan fingerprint density at radius 1 is 1.67 bits per heavy atom. The van der Waals surface area contributed by atoms with Crippen molar-refractivity contribution >= 4 is 23.4 Å². The molecule has 0 spiro atoms. The number of hydrogen-bond acceptors (Lipinski definition) is 4. The summed E-state index contributed by atoms with van der Waals surface area (Å²) in [6.45, 7) is 4.20. The normalized spacial score (nSPS) is 12.4. The first-order chi connectivity index (χ1) is 7.04. The molecule has 4 nitrogen and oxygen atoms in total. The van der Waals surface area contributed by atoms with Gasteiger partial charge in [-0.2, -0.15) is 0 Å². The number of aromatic nitrogens is 1. The molecular weight excluding hydrogens is 210 g/mol. The molecule has 0 saturated carbocycles. The summed E-state index contributed by atoms with van der Waals surface area (Å²) in [5.41, 5.74) is 11.4. The van der Waals surface area contributed by atoms with Gasteiger partial charge >= 0.3 is 0 Å². The first kappa shape index (κ1) is 11.8. The number of nitrogens with zero attached hydrogens (tertiary/aromatic N) is 1. The molecule has 0 aromatic carbocycles. The zero-order valence-electron chi connectivity index (χ0n) is 8.86. The van der Waals surface area contributed by atoms with E-state index in [-0.39, 0.29) is 0 Å². The van der Waals surface area contributed by atoms with Crippen LogP contribution in [0.3, 0.4) is 0 Å². The molecule has 1 amide bonds. The molecule has 5 heteroatoms. The molecule has 4 N–H and O–H groups in total. The van der Waals surface area contributed by atoms with Crippen molar-refractivity contribution < 1.29 is 4.79 Å². The van der Waals surface area contributed by atoms with Gasteiger partial charge in [-0.15, -0.1) is 11.8 Å². The standard InChI is InChI=1S/C10H15N3OS/c1-3-6(2)15-9-4-7(10(12)14)8(11)5-13-9/h4-6H,3,11H2,1-2H3,(H2,12,14). The number of primary amides is 1. The van der Waals surface area contributed by atoms with E-state index in [2.05, 4.69) is 18.8 Å². The van der Waals surface area contributed by atoms with Crippen LogP contribution >= 0.6 is 11.8 Å². The van der Waals surface area contributed by atoms with Crippen molar-refractivity contribution in [1.82, 2.24) is 4.98 Å². The van der Waals surface area contributed by atoms with Crippen LogP contribution in [-0.4, -0.2) is 16.1 Å². The van der Waals surface area contributed by atoms with Gasteiger partial charge in [-0.25, -0.2) is 4.98 Å². The number of thioether (sulfide) groups is 1. The molecule has 0 aliphatic heterocycles. The van der Waals surface area contributed by atoms with Crippen LogP contribution < -0.4 is 11.5 Å². The third-order valence-corrected chi connectivity index (χ3v) is 3.27. The third kappa shape index (κ3) is 3.13. The smallest absolute Gasteiger partial charge is 0.250 e. The van der Waals surface area contributed by atoms with Gasteiger partial charge in [-0.3, -0.25) is 4.79 Å². The number of carbonyl (C=O) groups is 1. The fourth-order valence-electron chi connectivity index (χ4n) is 1.01. The second kappa shape index (κ2) is 5.02. The highest BCUT2D eigenvalue weighted by Gasteiger charge is 2.09. The van der Waals surface area contributed by atoms with E-state index in [0.29, 0.717) is 16.5 Å². The lowest BCUT2D eigenvalue weighted by molar-refractivity contribution is 0.100. The number of hydrogen-bond donors (Lipinski definition) is 2. The SMILES string of the molecule is CCC(C)Sc1cc(C(N)=O)c(N)cn1. The maximum absolute atomic E-state index is 11.0. The van der Waals surface area contributed by atoms with Crippen molar-refractivity contribution in [1.29, 1.82) is 0 Å². The summed E-state index contributed by atoms with van der Waals surface area (Å²) in [6.07, 6.45) is 2.52. The molecule has 0 saturated heterocycles. The maximum atomic E-state index is 11.0. The Morgan fingerprint density at radius 2 is 2.33 bits per heavy atom. The molecule has 1 rings (SSSR count). The summed E-state index contributed by atoms with van der Waals surface area (Å²) in [7, 11) is 0. The lowest BCUT2D eigenvalue weighted by Crippen LogP contribution is -2.14. The van der Waals surface area contributed by atoms with Crippen molar-refractivity contribution in [3.8, 4) is 0 Å². The first-order valence-corrected chi connectivity index (χ1v) is 5.64. The molecule has 1 atom stereocenters. The Balaban J connectivity index is 2.92. The average Bonchev–Trinajstić information content (AvgIpc) is 2.20. The van der Waals surface area contributed by atoms with Crippen molar-refractivity contribution in [2.45, 2.75) is 30.5 Å². The fraction of sp³-hybridized carbons (Fsp3) is 0.400. The fourth-order valence-corrected chi connectivity index (χ4v) is 1.89. The van der Waals surface area contributed by atoms with E-state index in [1.165, 1.54) is 6.20 Å². The molecular formula is C10H15N3OS. The van der Waals surface area contributed by atoms with Crippen LogP contribution in [0.4, 0.5) is 5.69 Å². The second-order valence-electron chi connectivity index (χ2n) is 3.31. The van der Waals surface area contributed by atoms with E-state index in [0.717, 1.165) is 11.4 Å². The van der Waals surface area contributed by atoms with Gasteiger partial charge in [0, 0.05) is 5.25 Å². The number of nitrogens with two attached hydrogens (primary N) is 2. The van der Waals surface area contributed by atoms with Crippen LogP contribution in [0.25, 0.3) is 0 Å². The van der Waals surface area contributed by atoms with E-state index in [4.69, 9.17) is 11.5 Å². The quantitative estimate of drug-likeness (QED) is 0.763. The summed E-state index contributed by atoms with van der Waals surface area (Å²) >= 11 is 1.61. The summed E-state index contributed by atoms with van der Waals surface area (Å²) in [6, 6.07) is 1.65. The monoisotopic (exact) mass is 225 g/mol. The van der Waals surface area contributed by atoms with Crippen molar-refractivity contribution in [3.05, 3.63) is 17.8 Å². The lowest BCUT2D eigenvalue weighted by Gasteiger charge is -2.08. The highest BCUT2D eigenvalue weighted by molar-refractivity contribution is 7.99. The van der Waals surface area contributed by atoms with E-state index in [1.807, 2.05) is 0 Å². The second-order valence-corrected chi connectivity index (χ2v) is 4.77. The van der Waals surface area contributed by atoms with Gasteiger partial charge in [0.1, 0.15) is 0 Å². The molecule has 0 radical (unpaired) electrons. The summed E-state index contributed by atoms with van der Waals surface area (Å²) in [4.78, 5) is 15.2. The summed E-state index contributed by atoms with van der Waals surface area (Å²) < 4.78 is 0. The molecule has 15 heavy (non-hydrogen) atoms. The van der Waals surface area contributed by atoms with Crippen molar-refractivity contribution in [2.24, 2.45) is 5.73 Å². The molecule has 1 heterocycles. The minimum atomic E-state index is -0.513. The average molecular weight is 225 g/mol. The minimum Gasteiger partial charge on any atom is -0.397 e. The van der Waals surface area contributed by atoms with Gasteiger partial charge in [0.05, 0.1) is 22.5 Å². The molecule has 0 aliphatic rings. The van der Waals surface area contributed by atoms with Gasteiger partial charge < -0.3 is 11.5 Å². The largest absolute Gasteiger partial charge is 0.397 e. The van der Waals surface area contributed by atoms with E-state index in [9.17, 15) is 4.79 Å². The highest BCUT2D eigenvalue weighted by Crippen LogP contribution is 2.25. The molecule has 1 aromatic rings. The predicted octanol–water partition coefficient (Wildman–Crippen LogP) is 1.65. The van der Waals surface area contributed by atoms with Crippen LogP contribution in [0, 0.1) is 0 Å². The van der Waals surface area contributed by atoms with E-state index in [1.54, 1.807) is 17.8 Å². The molecule has 82 valence electrons. The van der Waals surface area contributed by atoms with Crippen molar-refractivity contribution in [3.63, 3.8) is 0 Å². The zero-order chi connectivity index (χ0) is 11.4. The Bertz CT molecular complexity index is 368. The predicted molar refractivity (Wildman–Crippen MR) is 62.8 cm³/mol. The van der Waals surface area contributed by atoms with Crippen LogP contribution in [0.2, 0.25) is 0 Å². The van der Waals surface area contributed by atoms with Gasteiger partial charge in [0.15, 0.2) is 0 Å². The number of pyridine rings is 1. The van der Waals surface area contributed by atoms with Crippen LogP contribution in [0.1, 0.15) is 30.6 Å². The topological polar surface area (TPSA) is 82.0 Å². The van der Waals surface area contributed by atoms with E-state index >= 15 is 0 Å². The zero-order valence-corrected chi connectivity index (χ0v) is 9.67. The molecule has 1 unspecified atom stereocenters.